The van der Waals surface area contributed by atoms with E-state index in [4.69, 9.17) is 11.6 Å². The summed E-state index contributed by atoms with van der Waals surface area (Å²) in [4.78, 5) is 23.6. The van der Waals surface area contributed by atoms with Gasteiger partial charge in [0.2, 0.25) is 5.91 Å². The third-order valence-corrected chi connectivity index (χ3v) is 2.67. The lowest BCUT2D eigenvalue weighted by molar-refractivity contribution is -0.119. The van der Waals surface area contributed by atoms with Gasteiger partial charge in [-0.1, -0.05) is 36.9 Å². The summed E-state index contributed by atoms with van der Waals surface area (Å²) in [6.07, 6.45) is 1.44. The number of carbonyl (C=O) groups is 2. The van der Waals surface area contributed by atoms with E-state index >= 15 is 0 Å². The molecule has 0 heterocycles. The first kappa shape index (κ1) is 17.7. The quantitative estimate of drug-likeness (QED) is 0.791. The smallest absolute Gasteiger partial charge is 0.254 e. The van der Waals surface area contributed by atoms with Gasteiger partial charge < -0.3 is 10.6 Å². The van der Waals surface area contributed by atoms with E-state index in [1.54, 1.807) is 6.92 Å². The van der Waals surface area contributed by atoms with E-state index in [-0.39, 0.29) is 17.1 Å². The molecule has 0 aliphatic heterocycles. The zero-order valence-electron chi connectivity index (χ0n) is 12.1. The van der Waals surface area contributed by atoms with Crippen molar-refractivity contribution < 1.29 is 14.0 Å². The summed E-state index contributed by atoms with van der Waals surface area (Å²) in [7, 11) is 0. The Kier molecular flexibility index (Phi) is 6.53. The van der Waals surface area contributed by atoms with Crippen LogP contribution in [0.1, 0.15) is 17.3 Å². The number of nitrogens with one attached hydrogen (secondary N) is 2. The van der Waals surface area contributed by atoms with Crippen LogP contribution < -0.4 is 10.6 Å². The molecule has 4 nitrogen and oxygen atoms in total. The van der Waals surface area contributed by atoms with E-state index < -0.39 is 17.6 Å². The van der Waals surface area contributed by atoms with Crippen molar-refractivity contribution in [3.05, 3.63) is 71.2 Å². The van der Waals surface area contributed by atoms with Crippen LogP contribution in [0.25, 0.3) is 0 Å². The number of halogens is 2. The minimum atomic E-state index is -0.671. The van der Waals surface area contributed by atoms with Crippen LogP contribution in [0, 0.1) is 5.82 Å². The average molecular weight is 323 g/mol. The number of hydrogen-bond donors (Lipinski definition) is 2. The zero-order valence-corrected chi connectivity index (χ0v) is 12.8. The second-order valence-electron chi connectivity index (χ2n) is 4.50. The van der Waals surface area contributed by atoms with Gasteiger partial charge in [-0.3, -0.25) is 9.59 Å². The van der Waals surface area contributed by atoms with Crippen molar-refractivity contribution in [2.45, 2.75) is 6.92 Å². The van der Waals surface area contributed by atoms with E-state index in [9.17, 15) is 14.0 Å². The fourth-order valence-corrected chi connectivity index (χ4v) is 1.63. The van der Waals surface area contributed by atoms with Gasteiger partial charge in [-0.2, -0.15) is 0 Å². The lowest BCUT2D eigenvalue weighted by Crippen LogP contribution is -2.37. The van der Waals surface area contributed by atoms with Crippen LogP contribution in [0.4, 0.5) is 4.39 Å². The monoisotopic (exact) mass is 322 g/mol. The first-order valence-corrected chi connectivity index (χ1v) is 6.73. The molecule has 0 unspecified atom stereocenters. The van der Waals surface area contributed by atoms with Crippen LogP contribution in [0.5, 0.6) is 0 Å². The normalized spacial score (nSPS) is 10.8. The van der Waals surface area contributed by atoms with Crippen molar-refractivity contribution in [1.29, 1.82) is 0 Å². The molecule has 22 heavy (non-hydrogen) atoms. The van der Waals surface area contributed by atoms with Crippen LogP contribution in [-0.2, 0) is 4.79 Å². The molecule has 0 aromatic heterocycles. The Labute approximate surface area is 133 Å². The topological polar surface area (TPSA) is 58.2 Å². The zero-order chi connectivity index (χ0) is 16.7. The standard InChI is InChI=1S/C16H16ClFN2O2/c1-10(2)14(8-11(3)17)20-15(21)9-19-16(22)12-6-4-5-7-13(12)18/h4-8H,1,3,9H2,2H3,(H,19,22)(H,20,21)/b14-8+. The number of carbonyl (C=O) groups excluding carboxylic acids is 2. The molecule has 6 heteroatoms. The van der Waals surface area contributed by atoms with Crippen LogP contribution in [0.3, 0.4) is 0 Å². The summed E-state index contributed by atoms with van der Waals surface area (Å²) in [5.41, 5.74) is 0.848. The van der Waals surface area contributed by atoms with Crippen molar-refractivity contribution in [2.75, 3.05) is 6.54 Å². The van der Waals surface area contributed by atoms with Gasteiger partial charge in [0.05, 0.1) is 12.1 Å². The predicted molar refractivity (Wildman–Crippen MR) is 84.8 cm³/mol. The minimum absolute atomic E-state index is 0.125. The molecule has 2 amide bonds. The fourth-order valence-electron chi connectivity index (χ4n) is 1.52. The fraction of sp³-hybridized carbons (Fsp3) is 0.125. The third-order valence-electron chi connectivity index (χ3n) is 2.56. The molecule has 0 saturated heterocycles. The largest absolute Gasteiger partial charge is 0.343 e. The van der Waals surface area contributed by atoms with Crippen LogP contribution >= 0.6 is 11.6 Å². The maximum absolute atomic E-state index is 13.4. The van der Waals surface area contributed by atoms with Gasteiger partial charge in [-0.05, 0) is 30.7 Å². The van der Waals surface area contributed by atoms with Crippen molar-refractivity contribution >= 4 is 23.4 Å². The Morgan fingerprint density at radius 1 is 1.32 bits per heavy atom. The van der Waals surface area contributed by atoms with Crippen molar-refractivity contribution in [3.63, 3.8) is 0 Å². The van der Waals surface area contributed by atoms with Gasteiger partial charge in [0.1, 0.15) is 5.82 Å². The van der Waals surface area contributed by atoms with Gasteiger partial charge in [0, 0.05) is 10.7 Å². The Morgan fingerprint density at radius 3 is 2.50 bits per heavy atom. The highest BCUT2D eigenvalue weighted by Crippen LogP contribution is 2.09. The van der Waals surface area contributed by atoms with Crippen molar-refractivity contribution in [3.8, 4) is 0 Å². The van der Waals surface area contributed by atoms with Crippen molar-refractivity contribution in [2.24, 2.45) is 0 Å². The first-order chi connectivity index (χ1) is 10.3. The molecule has 0 aliphatic rings. The summed E-state index contributed by atoms with van der Waals surface area (Å²) in [6, 6.07) is 5.51. The first-order valence-electron chi connectivity index (χ1n) is 6.36. The van der Waals surface area contributed by atoms with Gasteiger partial charge in [-0.25, -0.2) is 4.39 Å². The molecule has 2 N–H and O–H groups in total. The highest BCUT2D eigenvalue weighted by molar-refractivity contribution is 6.30. The molecule has 1 aromatic rings. The summed E-state index contributed by atoms with van der Waals surface area (Å²) in [5, 5.41) is 5.10. The van der Waals surface area contributed by atoms with Crippen molar-refractivity contribution in [1.82, 2.24) is 10.6 Å². The molecular weight excluding hydrogens is 307 g/mol. The van der Waals surface area contributed by atoms with E-state index in [1.165, 1.54) is 30.3 Å². The summed E-state index contributed by atoms with van der Waals surface area (Å²) in [5.74, 6) is -1.81. The van der Waals surface area contributed by atoms with E-state index in [0.29, 0.717) is 11.3 Å². The summed E-state index contributed by atoms with van der Waals surface area (Å²) in [6.45, 7) is 8.56. The molecule has 1 rings (SSSR count). The number of amides is 2. The van der Waals surface area contributed by atoms with E-state index in [2.05, 4.69) is 23.8 Å². The second-order valence-corrected chi connectivity index (χ2v) is 4.98. The number of hydrogen-bond acceptors (Lipinski definition) is 2. The molecule has 0 spiro atoms. The molecule has 116 valence electrons. The van der Waals surface area contributed by atoms with Crippen LogP contribution in [-0.4, -0.2) is 18.4 Å². The Balaban J connectivity index is 2.63. The molecule has 0 atom stereocenters. The predicted octanol–water partition coefficient (Wildman–Crippen LogP) is 2.88. The number of rotatable bonds is 6. The Morgan fingerprint density at radius 2 is 1.95 bits per heavy atom. The van der Waals surface area contributed by atoms with Crippen LogP contribution in [0.2, 0.25) is 0 Å². The lowest BCUT2D eigenvalue weighted by Gasteiger charge is -2.10. The second kappa shape index (κ2) is 8.14. The van der Waals surface area contributed by atoms with E-state index in [0.717, 1.165) is 0 Å². The minimum Gasteiger partial charge on any atom is -0.343 e. The Hall–Kier alpha value is -2.40. The third kappa shape index (κ3) is 5.54. The van der Waals surface area contributed by atoms with Gasteiger partial charge in [0.25, 0.3) is 5.91 Å². The van der Waals surface area contributed by atoms with Gasteiger partial charge in [-0.15, -0.1) is 0 Å². The lowest BCUT2D eigenvalue weighted by atomic mass is 10.2. The molecule has 0 radical (unpaired) electrons. The SMILES string of the molecule is C=C(Cl)/C=C(/NC(=O)CNC(=O)c1ccccc1F)C(=C)C. The summed E-state index contributed by atoms with van der Waals surface area (Å²) < 4.78 is 13.4. The van der Waals surface area contributed by atoms with Gasteiger partial charge in [0.15, 0.2) is 0 Å². The Bertz CT molecular complexity index is 653. The van der Waals surface area contributed by atoms with Crippen LogP contribution in [0.15, 0.2) is 59.8 Å². The molecule has 0 saturated carbocycles. The average Bonchev–Trinajstić information content (AvgIpc) is 2.44. The molecule has 0 bridgehead atoms. The highest BCUT2D eigenvalue weighted by Gasteiger charge is 2.12. The number of benzene rings is 1. The molecular formula is C16H16ClFN2O2. The van der Waals surface area contributed by atoms with Gasteiger partial charge >= 0.3 is 0 Å². The highest BCUT2D eigenvalue weighted by atomic mass is 35.5. The molecule has 0 aliphatic carbocycles. The number of allylic oxidation sites excluding steroid dienone is 3. The molecule has 1 aromatic carbocycles. The molecule has 0 fully saturated rings. The maximum atomic E-state index is 13.4. The summed E-state index contributed by atoms with van der Waals surface area (Å²) >= 11 is 5.65. The van der Waals surface area contributed by atoms with E-state index in [1.807, 2.05) is 0 Å². The maximum Gasteiger partial charge on any atom is 0.254 e.